The van der Waals surface area contributed by atoms with Crippen molar-refractivity contribution in [2.75, 3.05) is 25.1 Å². The number of anilines is 1. The number of nitrogens with zero attached hydrogens (tertiary/aromatic N) is 1. The molecule has 2 heterocycles. The maximum atomic E-state index is 5.24. The van der Waals surface area contributed by atoms with Crippen molar-refractivity contribution >= 4 is 16.6 Å². The van der Waals surface area contributed by atoms with Crippen LogP contribution in [0, 0.1) is 0 Å². The van der Waals surface area contributed by atoms with E-state index in [2.05, 4.69) is 28.2 Å². The maximum absolute atomic E-state index is 5.24. The number of methoxy groups -OCH3 is 1. The summed E-state index contributed by atoms with van der Waals surface area (Å²) in [6.07, 6.45) is 6.10. The molecule has 3 heteroatoms. The highest BCUT2D eigenvalue weighted by Gasteiger charge is 2.14. The molecule has 0 amide bonds. The zero-order valence-electron chi connectivity index (χ0n) is 10.2. The first kappa shape index (κ1) is 10.5. The first-order chi connectivity index (χ1) is 8.38. The first-order valence-electron chi connectivity index (χ1n) is 6.28. The molecular formula is C14H18N2O. The minimum atomic E-state index is 0.907. The van der Waals surface area contributed by atoms with Gasteiger partial charge in [0, 0.05) is 30.7 Å². The molecule has 17 heavy (non-hydrogen) atoms. The van der Waals surface area contributed by atoms with Crippen LogP contribution in [0.5, 0.6) is 5.75 Å². The van der Waals surface area contributed by atoms with E-state index in [-0.39, 0.29) is 0 Å². The smallest absolute Gasteiger partial charge is 0.120 e. The van der Waals surface area contributed by atoms with Gasteiger partial charge in [0.2, 0.25) is 0 Å². The van der Waals surface area contributed by atoms with Gasteiger partial charge >= 0.3 is 0 Å². The van der Waals surface area contributed by atoms with Crippen LogP contribution in [0.1, 0.15) is 19.3 Å². The molecule has 0 radical (unpaired) electrons. The maximum Gasteiger partial charge on any atom is 0.120 e. The summed E-state index contributed by atoms with van der Waals surface area (Å²) >= 11 is 0. The predicted octanol–water partition coefficient (Wildman–Crippen LogP) is 3.17. The van der Waals surface area contributed by atoms with E-state index in [1.165, 1.54) is 43.4 Å². The molecule has 1 aliphatic heterocycles. The summed E-state index contributed by atoms with van der Waals surface area (Å²) in [5.74, 6) is 0.907. The van der Waals surface area contributed by atoms with Gasteiger partial charge in [-0.2, -0.15) is 0 Å². The molecule has 0 bridgehead atoms. The minimum absolute atomic E-state index is 0.907. The van der Waals surface area contributed by atoms with E-state index in [1.807, 2.05) is 6.07 Å². The van der Waals surface area contributed by atoms with Crippen molar-refractivity contribution in [1.29, 1.82) is 0 Å². The number of nitrogens with one attached hydrogen (secondary N) is 1. The van der Waals surface area contributed by atoms with Gasteiger partial charge in [0.25, 0.3) is 0 Å². The van der Waals surface area contributed by atoms with Crippen molar-refractivity contribution in [2.45, 2.75) is 19.3 Å². The Kier molecular flexibility index (Phi) is 2.67. The largest absolute Gasteiger partial charge is 0.497 e. The molecule has 2 aromatic rings. The van der Waals surface area contributed by atoms with E-state index in [1.54, 1.807) is 7.11 Å². The lowest BCUT2D eigenvalue weighted by molar-refractivity contribution is 0.415. The third-order valence-corrected chi connectivity index (χ3v) is 3.56. The van der Waals surface area contributed by atoms with Crippen molar-refractivity contribution in [3.63, 3.8) is 0 Å². The number of fused-ring (bicyclic) bond motifs is 1. The lowest BCUT2D eigenvalue weighted by Gasteiger charge is -2.28. The predicted molar refractivity (Wildman–Crippen MR) is 70.9 cm³/mol. The molecule has 0 aliphatic carbocycles. The number of piperidine rings is 1. The van der Waals surface area contributed by atoms with Crippen LogP contribution in [-0.4, -0.2) is 25.2 Å². The van der Waals surface area contributed by atoms with Crippen molar-refractivity contribution < 1.29 is 4.74 Å². The summed E-state index contributed by atoms with van der Waals surface area (Å²) < 4.78 is 5.24. The Morgan fingerprint density at radius 2 is 2.00 bits per heavy atom. The van der Waals surface area contributed by atoms with Gasteiger partial charge in [-0.05, 0) is 31.4 Å². The standard InChI is InChI=1S/C14H18N2O/c1-17-11-5-6-12-13(9-11)15-10-14(12)16-7-3-2-4-8-16/h5-6,9-10,15H,2-4,7-8H2,1H3. The van der Waals surface area contributed by atoms with Gasteiger partial charge in [-0.1, -0.05) is 0 Å². The van der Waals surface area contributed by atoms with Gasteiger partial charge in [-0.3, -0.25) is 0 Å². The van der Waals surface area contributed by atoms with Gasteiger partial charge in [0.15, 0.2) is 0 Å². The fourth-order valence-corrected chi connectivity index (χ4v) is 2.61. The fourth-order valence-electron chi connectivity index (χ4n) is 2.61. The summed E-state index contributed by atoms with van der Waals surface area (Å²) in [7, 11) is 1.70. The number of aromatic nitrogens is 1. The van der Waals surface area contributed by atoms with E-state index >= 15 is 0 Å². The van der Waals surface area contributed by atoms with Crippen LogP contribution in [-0.2, 0) is 0 Å². The highest BCUT2D eigenvalue weighted by atomic mass is 16.5. The number of aromatic amines is 1. The Bertz CT molecular complexity index is 512. The Morgan fingerprint density at radius 1 is 1.18 bits per heavy atom. The van der Waals surface area contributed by atoms with Crippen LogP contribution in [0.25, 0.3) is 10.9 Å². The lowest BCUT2D eigenvalue weighted by Crippen LogP contribution is -2.29. The van der Waals surface area contributed by atoms with Crippen LogP contribution in [0.2, 0.25) is 0 Å². The summed E-state index contributed by atoms with van der Waals surface area (Å²) in [5.41, 5.74) is 2.49. The Balaban J connectivity index is 1.99. The molecule has 1 fully saturated rings. The molecule has 0 unspecified atom stereocenters. The summed E-state index contributed by atoms with van der Waals surface area (Å²) in [5, 5.41) is 1.30. The van der Waals surface area contributed by atoms with Gasteiger partial charge < -0.3 is 14.6 Å². The third kappa shape index (κ3) is 1.86. The van der Waals surface area contributed by atoms with Crippen molar-refractivity contribution in [3.05, 3.63) is 24.4 Å². The Hall–Kier alpha value is -1.64. The van der Waals surface area contributed by atoms with Gasteiger partial charge in [0.05, 0.1) is 18.3 Å². The van der Waals surface area contributed by atoms with Gasteiger partial charge in [-0.25, -0.2) is 0 Å². The van der Waals surface area contributed by atoms with Crippen molar-refractivity contribution in [1.82, 2.24) is 4.98 Å². The van der Waals surface area contributed by atoms with E-state index in [9.17, 15) is 0 Å². The average Bonchev–Trinajstić information content (AvgIpc) is 2.82. The van der Waals surface area contributed by atoms with Crippen LogP contribution < -0.4 is 9.64 Å². The van der Waals surface area contributed by atoms with E-state index in [4.69, 9.17) is 4.74 Å². The highest BCUT2D eigenvalue weighted by Crippen LogP contribution is 2.30. The van der Waals surface area contributed by atoms with E-state index < -0.39 is 0 Å². The number of H-pyrrole nitrogens is 1. The summed E-state index contributed by atoms with van der Waals surface area (Å²) in [6.45, 7) is 2.36. The second-order valence-electron chi connectivity index (χ2n) is 4.63. The van der Waals surface area contributed by atoms with Crippen LogP contribution >= 0.6 is 0 Å². The minimum Gasteiger partial charge on any atom is -0.497 e. The molecule has 0 atom stereocenters. The van der Waals surface area contributed by atoms with Crippen molar-refractivity contribution in [3.8, 4) is 5.75 Å². The highest BCUT2D eigenvalue weighted by molar-refractivity contribution is 5.93. The Labute approximate surface area is 101 Å². The zero-order valence-corrected chi connectivity index (χ0v) is 10.2. The molecule has 90 valence electrons. The molecule has 1 aromatic heterocycles. The average molecular weight is 230 g/mol. The number of hydrogen-bond donors (Lipinski definition) is 1. The number of benzene rings is 1. The number of rotatable bonds is 2. The van der Waals surface area contributed by atoms with Crippen LogP contribution in [0.15, 0.2) is 24.4 Å². The first-order valence-corrected chi connectivity index (χ1v) is 6.28. The van der Waals surface area contributed by atoms with Crippen LogP contribution in [0.3, 0.4) is 0 Å². The second kappa shape index (κ2) is 4.32. The molecule has 3 rings (SSSR count). The third-order valence-electron chi connectivity index (χ3n) is 3.56. The molecule has 0 saturated carbocycles. The van der Waals surface area contributed by atoms with Gasteiger partial charge in [0.1, 0.15) is 5.75 Å². The van der Waals surface area contributed by atoms with E-state index in [0.717, 1.165) is 11.3 Å². The second-order valence-corrected chi connectivity index (χ2v) is 4.63. The lowest BCUT2D eigenvalue weighted by atomic mass is 10.1. The molecule has 1 saturated heterocycles. The van der Waals surface area contributed by atoms with Gasteiger partial charge in [-0.15, -0.1) is 0 Å². The monoisotopic (exact) mass is 230 g/mol. The Morgan fingerprint density at radius 3 is 2.76 bits per heavy atom. The normalized spacial score (nSPS) is 16.4. The molecular weight excluding hydrogens is 212 g/mol. The molecule has 0 spiro atoms. The SMILES string of the molecule is COc1ccc2c(N3CCCCC3)c[nH]c2c1. The quantitative estimate of drug-likeness (QED) is 0.858. The molecule has 1 N–H and O–H groups in total. The number of hydrogen-bond acceptors (Lipinski definition) is 2. The topological polar surface area (TPSA) is 28.3 Å². The molecule has 3 nitrogen and oxygen atoms in total. The molecule has 1 aromatic carbocycles. The fraction of sp³-hybridized carbons (Fsp3) is 0.429. The zero-order chi connectivity index (χ0) is 11.7. The molecule has 1 aliphatic rings. The van der Waals surface area contributed by atoms with Crippen molar-refractivity contribution in [2.24, 2.45) is 0 Å². The number of ether oxygens (including phenoxy) is 1. The van der Waals surface area contributed by atoms with Crippen LogP contribution in [0.4, 0.5) is 5.69 Å². The summed E-state index contributed by atoms with van der Waals surface area (Å²) in [4.78, 5) is 5.82. The van der Waals surface area contributed by atoms with E-state index in [0.29, 0.717) is 0 Å². The summed E-state index contributed by atoms with van der Waals surface area (Å²) in [6, 6.07) is 6.24.